The first-order chi connectivity index (χ1) is 16.3. The number of carbonyl (C=O) groups excluding carboxylic acids is 1. The van der Waals surface area contributed by atoms with Crippen molar-refractivity contribution in [3.8, 4) is 5.75 Å². The lowest BCUT2D eigenvalue weighted by atomic mass is 10.0. The van der Waals surface area contributed by atoms with Crippen LogP contribution in [0.4, 0.5) is 0 Å². The Balaban J connectivity index is 0.00000251. The number of benzene rings is 1. The fourth-order valence-electron chi connectivity index (χ4n) is 3.64. The smallest absolute Gasteiger partial charge is 0.326 e. The van der Waals surface area contributed by atoms with Gasteiger partial charge in [-0.3, -0.25) is 9.36 Å². The van der Waals surface area contributed by atoms with Gasteiger partial charge in [-0.25, -0.2) is 4.79 Å². The van der Waals surface area contributed by atoms with E-state index in [9.17, 15) is 19.8 Å². The number of phenolic OH excluding ortho intramolecular Hbond substituents is 1. The molecule has 9 heteroatoms. The number of amides is 1. The largest absolute Gasteiger partial charge is 0.508 e. The first-order valence-corrected chi connectivity index (χ1v) is 13.8. The Labute approximate surface area is 204 Å². The normalized spacial score (nSPS) is 11.5. The summed E-state index contributed by atoms with van der Waals surface area (Å²) < 4.78 is 8.74. The van der Waals surface area contributed by atoms with Crippen molar-refractivity contribution < 1.29 is 34.2 Å². The van der Waals surface area contributed by atoms with Crippen LogP contribution in [0.15, 0.2) is 24.3 Å². The summed E-state index contributed by atoms with van der Waals surface area (Å²) in [5, 5.41) is 21.3. The van der Waals surface area contributed by atoms with Gasteiger partial charge in [0.05, 0.1) is 0 Å². The van der Waals surface area contributed by atoms with Gasteiger partial charge in [0.15, 0.2) is 0 Å². The predicted molar refractivity (Wildman–Crippen MR) is 135 cm³/mol. The molecule has 0 aromatic heterocycles. The number of phenols is 1. The first kappa shape index (κ1) is 32.1. The Hall–Kier alpha value is -1.89. The molecule has 0 aliphatic rings. The third kappa shape index (κ3) is 20.7. The van der Waals surface area contributed by atoms with Gasteiger partial charge in [0.25, 0.3) is 0 Å². The molecule has 1 aromatic rings. The molecule has 0 fully saturated rings. The molecule has 0 spiro atoms. The number of rotatable bonds is 18. The van der Waals surface area contributed by atoms with Crippen LogP contribution in [0.25, 0.3) is 0 Å². The third-order valence-electron chi connectivity index (χ3n) is 5.52. The second-order valence-corrected chi connectivity index (χ2v) is 9.17. The molecule has 8 nitrogen and oxygen atoms in total. The molecule has 1 aromatic carbocycles. The number of hydrogen-bond acceptors (Lipinski definition) is 4. The molecule has 5 N–H and O–H groups in total. The zero-order valence-electron chi connectivity index (χ0n) is 20.5. The minimum atomic E-state index is -3.13. The number of unbranched alkanes of at least 4 members (excludes halogenated alkanes) is 12. The average Bonchev–Trinajstić information content (AvgIpc) is 2.77. The van der Waals surface area contributed by atoms with E-state index in [0.717, 1.165) is 24.8 Å². The van der Waals surface area contributed by atoms with Crippen molar-refractivity contribution in [1.82, 2.24) is 5.32 Å². The van der Waals surface area contributed by atoms with Crippen LogP contribution in [0, 0.1) is 0 Å². The Morgan fingerprint density at radius 1 is 0.824 bits per heavy atom. The molecule has 0 aliphatic heterocycles. The molecular weight excluding hydrogens is 457 g/mol. The van der Waals surface area contributed by atoms with Crippen LogP contribution < -0.4 is 5.32 Å². The maximum absolute atomic E-state index is 12.1. The van der Waals surface area contributed by atoms with E-state index in [0.29, 0.717) is 6.42 Å². The molecule has 0 unspecified atom stereocenters. The van der Waals surface area contributed by atoms with Gasteiger partial charge in [0, 0.05) is 12.8 Å². The summed E-state index contributed by atoms with van der Waals surface area (Å²) >= 11 is 0. The third-order valence-corrected chi connectivity index (χ3v) is 5.52. The van der Waals surface area contributed by atoms with Crippen molar-refractivity contribution in [3.63, 3.8) is 0 Å². The van der Waals surface area contributed by atoms with E-state index in [1.54, 1.807) is 12.1 Å². The number of aromatic hydroxyl groups is 1. The predicted octanol–water partition coefficient (Wildman–Crippen LogP) is 5.35. The maximum atomic E-state index is 12.1. The highest BCUT2D eigenvalue weighted by atomic mass is 31.1. The SMILES string of the molecule is CCCCCCCCCCCCCCCC(=O)N[C@@H](Cc1ccc(O)cc1)C(=O)O.O=[PH](O)O. The lowest BCUT2D eigenvalue weighted by Gasteiger charge is -2.14. The number of aliphatic carboxylic acids is 1. The van der Waals surface area contributed by atoms with Crippen molar-refractivity contribution in [2.24, 2.45) is 0 Å². The summed E-state index contributed by atoms with van der Waals surface area (Å²) in [7, 11) is -3.13. The number of carbonyl (C=O) groups is 2. The van der Waals surface area contributed by atoms with E-state index in [1.807, 2.05) is 0 Å². The number of carboxylic acid groups (broad SMARTS) is 1. The van der Waals surface area contributed by atoms with Crippen molar-refractivity contribution in [2.75, 3.05) is 0 Å². The minimum absolute atomic E-state index is 0.136. The second-order valence-electron chi connectivity index (χ2n) is 8.60. The summed E-state index contributed by atoms with van der Waals surface area (Å²) in [6.07, 6.45) is 16.9. The Kier molecular flexibility index (Phi) is 20.4. The molecule has 0 saturated heterocycles. The van der Waals surface area contributed by atoms with Crippen LogP contribution in [0.2, 0.25) is 0 Å². The topological polar surface area (TPSA) is 144 Å². The molecule has 0 bridgehead atoms. The highest BCUT2D eigenvalue weighted by molar-refractivity contribution is 7.30. The van der Waals surface area contributed by atoms with Gasteiger partial charge in [-0.1, -0.05) is 96.1 Å². The Bertz CT molecular complexity index is 678. The summed E-state index contributed by atoms with van der Waals surface area (Å²) in [4.78, 5) is 37.8. The van der Waals surface area contributed by atoms with Crippen LogP contribution in [-0.2, 0) is 20.6 Å². The molecule has 0 heterocycles. The van der Waals surface area contributed by atoms with Gasteiger partial charge < -0.3 is 25.3 Å². The quantitative estimate of drug-likeness (QED) is 0.135. The van der Waals surface area contributed by atoms with E-state index in [-0.39, 0.29) is 18.1 Å². The Morgan fingerprint density at radius 2 is 1.24 bits per heavy atom. The molecule has 34 heavy (non-hydrogen) atoms. The van der Waals surface area contributed by atoms with E-state index in [4.69, 9.17) is 14.4 Å². The zero-order valence-corrected chi connectivity index (χ0v) is 21.5. The van der Waals surface area contributed by atoms with E-state index in [2.05, 4.69) is 12.2 Å². The van der Waals surface area contributed by atoms with Gasteiger partial charge >= 0.3 is 14.2 Å². The fraction of sp³-hybridized carbons (Fsp3) is 0.680. The van der Waals surface area contributed by atoms with Gasteiger partial charge in [0.1, 0.15) is 11.8 Å². The van der Waals surface area contributed by atoms with Crippen molar-refractivity contribution in [2.45, 2.75) is 109 Å². The number of hydrogen-bond donors (Lipinski definition) is 5. The van der Waals surface area contributed by atoms with Crippen LogP contribution in [0.5, 0.6) is 5.75 Å². The van der Waals surface area contributed by atoms with Gasteiger partial charge in [-0.05, 0) is 24.1 Å². The summed E-state index contributed by atoms with van der Waals surface area (Å²) in [6.45, 7) is 2.25. The van der Waals surface area contributed by atoms with Crippen LogP contribution in [0.1, 0.15) is 102 Å². The van der Waals surface area contributed by atoms with Crippen molar-refractivity contribution in [1.29, 1.82) is 0 Å². The summed E-state index contributed by atoms with van der Waals surface area (Å²) in [6, 6.07) is 5.44. The molecule has 0 aliphatic carbocycles. The van der Waals surface area contributed by atoms with Crippen LogP contribution >= 0.6 is 8.25 Å². The standard InChI is InChI=1S/C25H41NO4.H3O3P/c1-2-3-4-5-6-7-8-9-10-11-12-13-14-15-24(28)26-23(25(29)30)20-21-16-18-22(27)19-17-21;1-4(2)3/h16-19,23,27H,2-15,20H2,1H3,(H,26,28)(H,29,30);4H,(H2,1,2,3)/t23-;/m0./s1. The molecule has 0 radical (unpaired) electrons. The van der Waals surface area contributed by atoms with Crippen molar-refractivity contribution >= 4 is 20.1 Å². The van der Waals surface area contributed by atoms with E-state index >= 15 is 0 Å². The lowest BCUT2D eigenvalue weighted by Crippen LogP contribution is -2.42. The molecule has 1 rings (SSSR count). The molecule has 196 valence electrons. The van der Waals surface area contributed by atoms with Gasteiger partial charge in [0.2, 0.25) is 5.91 Å². The highest BCUT2D eigenvalue weighted by Crippen LogP contribution is 2.14. The second kappa shape index (κ2) is 21.6. The first-order valence-electron chi connectivity index (χ1n) is 12.5. The summed E-state index contributed by atoms with van der Waals surface area (Å²) in [5.74, 6) is -1.11. The fourth-order valence-corrected chi connectivity index (χ4v) is 3.64. The zero-order chi connectivity index (χ0) is 25.6. The molecular formula is C25H44NO7P. The number of carboxylic acids is 1. The maximum Gasteiger partial charge on any atom is 0.326 e. The molecule has 1 amide bonds. The molecule has 1 atom stereocenters. The average molecular weight is 502 g/mol. The van der Waals surface area contributed by atoms with Crippen LogP contribution in [-0.4, -0.2) is 37.9 Å². The molecule has 0 saturated carbocycles. The van der Waals surface area contributed by atoms with E-state index in [1.165, 1.54) is 76.3 Å². The highest BCUT2D eigenvalue weighted by Gasteiger charge is 2.20. The lowest BCUT2D eigenvalue weighted by molar-refractivity contribution is -0.141. The monoisotopic (exact) mass is 501 g/mol. The van der Waals surface area contributed by atoms with Crippen molar-refractivity contribution in [3.05, 3.63) is 29.8 Å². The van der Waals surface area contributed by atoms with Crippen LogP contribution in [0.3, 0.4) is 0 Å². The van der Waals surface area contributed by atoms with E-state index < -0.39 is 20.3 Å². The van der Waals surface area contributed by atoms with Gasteiger partial charge in [-0.15, -0.1) is 0 Å². The Morgan fingerprint density at radius 3 is 1.65 bits per heavy atom. The minimum Gasteiger partial charge on any atom is -0.508 e. The number of nitrogens with one attached hydrogen (secondary N) is 1. The summed E-state index contributed by atoms with van der Waals surface area (Å²) in [5.41, 5.74) is 0.765. The van der Waals surface area contributed by atoms with Gasteiger partial charge in [-0.2, -0.15) is 0 Å².